The van der Waals surface area contributed by atoms with Crippen LogP contribution < -0.4 is 5.43 Å². The van der Waals surface area contributed by atoms with Crippen molar-refractivity contribution >= 4 is 10.9 Å². The first-order valence-corrected chi connectivity index (χ1v) is 5.86. The molecule has 1 radical (unpaired) electrons. The van der Waals surface area contributed by atoms with Crippen LogP contribution in [0.15, 0.2) is 23.0 Å². The highest BCUT2D eigenvalue weighted by atomic mass is 16.1. The van der Waals surface area contributed by atoms with Gasteiger partial charge < -0.3 is 0 Å². The Labute approximate surface area is 101 Å². The summed E-state index contributed by atoms with van der Waals surface area (Å²) in [6.07, 6.45) is 2.53. The van der Waals surface area contributed by atoms with Crippen molar-refractivity contribution in [2.75, 3.05) is 0 Å². The molecule has 0 aliphatic heterocycles. The highest BCUT2D eigenvalue weighted by Gasteiger charge is 2.15. The quantitative estimate of drug-likeness (QED) is 0.753. The summed E-state index contributed by atoms with van der Waals surface area (Å²) in [5, 5.41) is 4.70. The SMILES string of the molecule is CCn1n[c]c(=O)c2cc(C(C)(C)C)ccc21. The molecule has 3 nitrogen and oxygen atoms in total. The fourth-order valence-corrected chi connectivity index (χ4v) is 1.87. The predicted molar refractivity (Wildman–Crippen MR) is 69.2 cm³/mol. The van der Waals surface area contributed by atoms with E-state index in [4.69, 9.17) is 0 Å². The summed E-state index contributed by atoms with van der Waals surface area (Å²) in [4.78, 5) is 11.8. The van der Waals surface area contributed by atoms with Gasteiger partial charge in [0.1, 0.15) is 0 Å². The molecule has 3 heteroatoms. The summed E-state index contributed by atoms with van der Waals surface area (Å²) < 4.78 is 1.79. The Balaban J connectivity index is 2.78. The van der Waals surface area contributed by atoms with Gasteiger partial charge >= 0.3 is 0 Å². The van der Waals surface area contributed by atoms with Crippen LogP contribution in [0.2, 0.25) is 0 Å². The average Bonchev–Trinajstić information content (AvgIpc) is 2.28. The average molecular weight is 229 g/mol. The smallest absolute Gasteiger partial charge is 0.217 e. The van der Waals surface area contributed by atoms with Gasteiger partial charge in [-0.05, 0) is 30.0 Å². The summed E-state index contributed by atoms with van der Waals surface area (Å²) in [6, 6.07) is 6.00. The van der Waals surface area contributed by atoms with Crippen LogP contribution in [0.1, 0.15) is 33.3 Å². The van der Waals surface area contributed by atoms with E-state index in [1.165, 1.54) is 0 Å². The fourth-order valence-electron chi connectivity index (χ4n) is 1.87. The molecule has 0 aliphatic rings. The maximum atomic E-state index is 11.8. The molecule has 1 aromatic carbocycles. The third kappa shape index (κ3) is 2.09. The Morgan fingerprint density at radius 3 is 2.65 bits per heavy atom. The van der Waals surface area contributed by atoms with Gasteiger partial charge in [0.15, 0.2) is 6.20 Å². The molecule has 0 amide bonds. The van der Waals surface area contributed by atoms with Crippen molar-refractivity contribution in [3.8, 4) is 0 Å². The van der Waals surface area contributed by atoms with Gasteiger partial charge in [0.2, 0.25) is 5.43 Å². The third-order valence-corrected chi connectivity index (χ3v) is 2.96. The van der Waals surface area contributed by atoms with E-state index >= 15 is 0 Å². The Bertz CT molecular complexity index is 606. The second-order valence-corrected chi connectivity index (χ2v) is 5.24. The highest BCUT2D eigenvalue weighted by molar-refractivity contribution is 5.79. The number of benzene rings is 1. The maximum absolute atomic E-state index is 11.8. The fraction of sp³-hybridized carbons (Fsp3) is 0.429. The van der Waals surface area contributed by atoms with E-state index in [9.17, 15) is 4.79 Å². The van der Waals surface area contributed by atoms with Crippen LogP contribution in [0.3, 0.4) is 0 Å². The maximum Gasteiger partial charge on any atom is 0.217 e. The van der Waals surface area contributed by atoms with Crippen molar-refractivity contribution in [3.63, 3.8) is 0 Å². The minimum atomic E-state index is -0.129. The van der Waals surface area contributed by atoms with Gasteiger partial charge in [-0.25, -0.2) is 0 Å². The van der Waals surface area contributed by atoms with Crippen LogP contribution in [0.25, 0.3) is 10.9 Å². The second-order valence-electron chi connectivity index (χ2n) is 5.24. The van der Waals surface area contributed by atoms with E-state index in [0.29, 0.717) is 5.39 Å². The van der Waals surface area contributed by atoms with E-state index in [0.717, 1.165) is 17.6 Å². The summed E-state index contributed by atoms with van der Waals surface area (Å²) >= 11 is 0. The molecule has 0 aliphatic carbocycles. The van der Waals surface area contributed by atoms with Gasteiger partial charge in [-0.3, -0.25) is 9.48 Å². The van der Waals surface area contributed by atoms with Crippen molar-refractivity contribution in [3.05, 3.63) is 40.2 Å². The number of nitrogens with zero attached hydrogens (tertiary/aromatic N) is 2. The van der Waals surface area contributed by atoms with Crippen molar-refractivity contribution < 1.29 is 0 Å². The van der Waals surface area contributed by atoms with E-state index in [2.05, 4.69) is 38.1 Å². The first kappa shape index (κ1) is 11.8. The molecular weight excluding hydrogens is 212 g/mol. The highest BCUT2D eigenvalue weighted by Crippen LogP contribution is 2.24. The largest absolute Gasteiger partial charge is 0.287 e. The number of fused-ring (bicyclic) bond motifs is 1. The van der Waals surface area contributed by atoms with Crippen LogP contribution in [0.4, 0.5) is 0 Å². The van der Waals surface area contributed by atoms with Crippen molar-refractivity contribution in [1.82, 2.24) is 9.78 Å². The molecule has 0 N–H and O–H groups in total. The Hall–Kier alpha value is -1.64. The number of aryl methyl sites for hydroxylation is 1. The number of aromatic nitrogens is 2. The van der Waals surface area contributed by atoms with Crippen LogP contribution in [-0.4, -0.2) is 9.78 Å². The minimum absolute atomic E-state index is 0.0426. The lowest BCUT2D eigenvalue weighted by Gasteiger charge is -2.19. The van der Waals surface area contributed by atoms with Crippen LogP contribution in [0.5, 0.6) is 0 Å². The molecule has 0 fully saturated rings. The lowest BCUT2D eigenvalue weighted by atomic mass is 9.86. The first-order valence-electron chi connectivity index (χ1n) is 5.86. The zero-order valence-electron chi connectivity index (χ0n) is 10.7. The van der Waals surface area contributed by atoms with Gasteiger partial charge in [0.05, 0.1) is 5.52 Å². The van der Waals surface area contributed by atoms with Crippen molar-refractivity contribution in [1.29, 1.82) is 0 Å². The lowest BCUT2D eigenvalue weighted by Crippen LogP contribution is -2.15. The Morgan fingerprint density at radius 1 is 1.35 bits per heavy atom. The summed E-state index contributed by atoms with van der Waals surface area (Å²) in [6.45, 7) is 9.15. The molecule has 2 rings (SSSR count). The van der Waals surface area contributed by atoms with Gasteiger partial charge in [-0.1, -0.05) is 26.8 Å². The molecule has 0 spiro atoms. The van der Waals surface area contributed by atoms with Gasteiger partial charge in [-0.15, -0.1) is 0 Å². The second kappa shape index (κ2) is 3.99. The van der Waals surface area contributed by atoms with E-state index < -0.39 is 0 Å². The Kier molecular flexibility index (Phi) is 2.77. The molecule has 89 valence electrons. The Morgan fingerprint density at radius 2 is 2.06 bits per heavy atom. The predicted octanol–water partition coefficient (Wildman–Crippen LogP) is 2.51. The zero-order valence-corrected chi connectivity index (χ0v) is 10.7. The number of rotatable bonds is 1. The van der Waals surface area contributed by atoms with Crippen LogP contribution >= 0.6 is 0 Å². The minimum Gasteiger partial charge on any atom is -0.287 e. The monoisotopic (exact) mass is 229 g/mol. The molecular formula is C14H17N2O. The van der Waals surface area contributed by atoms with Gasteiger partial charge in [-0.2, -0.15) is 5.10 Å². The normalized spacial score (nSPS) is 12.0. The molecule has 0 bridgehead atoms. The standard InChI is InChI=1S/C14H17N2O/c1-5-16-12-7-6-10(14(2,3)4)8-11(12)13(17)9-15-16/h6-8H,5H2,1-4H3. The molecule has 2 aromatic rings. The van der Waals surface area contributed by atoms with Crippen LogP contribution in [-0.2, 0) is 12.0 Å². The van der Waals surface area contributed by atoms with E-state index in [1.807, 2.05) is 19.1 Å². The molecule has 1 aromatic heterocycles. The summed E-state index contributed by atoms with van der Waals surface area (Å²) in [7, 11) is 0. The topological polar surface area (TPSA) is 34.9 Å². The third-order valence-electron chi connectivity index (χ3n) is 2.96. The molecule has 1 heterocycles. The number of hydrogen-bond donors (Lipinski definition) is 0. The first-order chi connectivity index (χ1) is 7.93. The summed E-state index contributed by atoms with van der Waals surface area (Å²) in [5.74, 6) is 0. The molecule has 0 saturated carbocycles. The molecule has 0 saturated heterocycles. The van der Waals surface area contributed by atoms with E-state index in [1.54, 1.807) is 4.68 Å². The number of hydrogen-bond acceptors (Lipinski definition) is 2. The van der Waals surface area contributed by atoms with Gasteiger partial charge in [0, 0.05) is 11.9 Å². The molecule has 17 heavy (non-hydrogen) atoms. The van der Waals surface area contributed by atoms with Crippen LogP contribution in [0, 0.1) is 6.20 Å². The molecule has 0 unspecified atom stereocenters. The summed E-state index contributed by atoms with van der Waals surface area (Å²) in [5.41, 5.74) is 1.95. The zero-order chi connectivity index (χ0) is 12.6. The van der Waals surface area contributed by atoms with Gasteiger partial charge in [0.25, 0.3) is 0 Å². The molecule has 0 atom stereocenters. The lowest BCUT2D eigenvalue weighted by molar-refractivity contribution is 0.590. The van der Waals surface area contributed by atoms with Crippen molar-refractivity contribution in [2.45, 2.75) is 39.7 Å². The van der Waals surface area contributed by atoms with Crippen molar-refractivity contribution in [2.24, 2.45) is 0 Å². The van der Waals surface area contributed by atoms with E-state index in [-0.39, 0.29) is 10.8 Å².